The first-order valence-corrected chi connectivity index (χ1v) is 9.84. The summed E-state index contributed by atoms with van der Waals surface area (Å²) in [6.45, 7) is 0.844. The number of aryl methyl sites for hydroxylation is 1. The first kappa shape index (κ1) is 23.1. The molecule has 8 nitrogen and oxygen atoms in total. The van der Waals surface area contributed by atoms with Crippen LogP contribution in [-0.4, -0.2) is 55.3 Å². The third kappa shape index (κ3) is 7.67. The summed E-state index contributed by atoms with van der Waals surface area (Å²) < 4.78 is 5.69. The van der Waals surface area contributed by atoms with Gasteiger partial charge in [-0.2, -0.15) is 0 Å². The topological polar surface area (TPSA) is 105 Å². The number of benzene rings is 2. The number of halogens is 1. The summed E-state index contributed by atoms with van der Waals surface area (Å²) in [5, 5.41) is 5.10. The number of ether oxygens (including phenoxy) is 1. The number of esters is 1. The zero-order chi connectivity index (χ0) is 22.1. The predicted octanol–water partition coefficient (Wildman–Crippen LogP) is 2.13. The highest BCUT2D eigenvalue weighted by molar-refractivity contribution is 9.10. The molecule has 0 aliphatic carbocycles. The number of carbonyl (C=O) groups is 4. The Morgan fingerprint density at radius 2 is 1.63 bits per heavy atom. The van der Waals surface area contributed by atoms with Gasteiger partial charge in [0.05, 0.1) is 6.54 Å². The van der Waals surface area contributed by atoms with Gasteiger partial charge in [0.2, 0.25) is 5.91 Å². The normalized spacial score (nSPS) is 10.1. The Morgan fingerprint density at radius 1 is 1.00 bits per heavy atom. The first-order valence-electron chi connectivity index (χ1n) is 9.04. The molecule has 0 atom stereocenters. The number of nitrogens with one attached hydrogen (secondary N) is 2. The predicted molar refractivity (Wildman–Crippen MR) is 115 cm³/mol. The third-order valence-electron chi connectivity index (χ3n) is 4.00. The van der Waals surface area contributed by atoms with Crippen molar-refractivity contribution < 1.29 is 23.9 Å². The van der Waals surface area contributed by atoms with E-state index in [1.807, 2.05) is 19.1 Å². The SMILES string of the molecule is Cc1ccc(NC(=O)CN(C)C(=O)COC(=O)CNC(=O)c2ccc(Br)cc2)cc1. The summed E-state index contributed by atoms with van der Waals surface area (Å²) in [5.41, 5.74) is 2.08. The van der Waals surface area contributed by atoms with Crippen molar-refractivity contribution in [3.63, 3.8) is 0 Å². The van der Waals surface area contributed by atoms with Gasteiger partial charge in [-0.05, 0) is 43.3 Å². The van der Waals surface area contributed by atoms with Crippen molar-refractivity contribution in [1.82, 2.24) is 10.2 Å². The van der Waals surface area contributed by atoms with Gasteiger partial charge in [-0.1, -0.05) is 33.6 Å². The van der Waals surface area contributed by atoms with Crippen LogP contribution in [0.25, 0.3) is 0 Å². The van der Waals surface area contributed by atoms with Crippen LogP contribution >= 0.6 is 15.9 Å². The van der Waals surface area contributed by atoms with E-state index in [0.29, 0.717) is 11.3 Å². The molecule has 0 saturated carbocycles. The number of anilines is 1. The van der Waals surface area contributed by atoms with Crippen molar-refractivity contribution in [3.05, 3.63) is 64.1 Å². The molecule has 2 N–H and O–H groups in total. The van der Waals surface area contributed by atoms with Crippen molar-refractivity contribution in [2.45, 2.75) is 6.92 Å². The van der Waals surface area contributed by atoms with E-state index in [-0.39, 0.29) is 19.0 Å². The highest BCUT2D eigenvalue weighted by Crippen LogP contribution is 2.10. The van der Waals surface area contributed by atoms with E-state index in [1.54, 1.807) is 36.4 Å². The molecule has 3 amide bonds. The zero-order valence-corrected chi connectivity index (χ0v) is 18.2. The van der Waals surface area contributed by atoms with Crippen LogP contribution in [0.2, 0.25) is 0 Å². The van der Waals surface area contributed by atoms with Crippen LogP contribution in [0.1, 0.15) is 15.9 Å². The molecule has 0 aliphatic rings. The van der Waals surface area contributed by atoms with E-state index in [2.05, 4.69) is 26.6 Å². The zero-order valence-electron chi connectivity index (χ0n) is 16.6. The fourth-order valence-corrected chi connectivity index (χ4v) is 2.56. The Balaban J connectivity index is 1.69. The van der Waals surface area contributed by atoms with Crippen molar-refractivity contribution in [1.29, 1.82) is 0 Å². The van der Waals surface area contributed by atoms with Crippen molar-refractivity contribution in [2.24, 2.45) is 0 Å². The van der Waals surface area contributed by atoms with Gasteiger partial charge in [0, 0.05) is 22.8 Å². The monoisotopic (exact) mass is 475 g/mol. The second kappa shape index (κ2) is 11.1. The second-order valence-corrected chi connectivity index (χ2v) is 7.43. The molecule has 0 spiro atoms. The lowest BCUT2D eigenvalue weighted by atomic mass is 10.2. The summed E-state index contributed by atoms with van der Waals surface area (Å²) in [6, 6.07) is 13.9. The third-order valence-corrected chi connectivity index (χ3v) is 4.53. The van der Waals surface area contributed by atoms with Gasteiger partial charge in [-0.25, -0.2) is 0 Å². The first-order chi connectivity index (χ1) is 14.2. The van der Waals surface area contributed by atoms with E-state index in [0.717, 1.165) is 14.9 Å². The molecule has 0 fully saturated rings. The summed E-state index contributed by atoms with van der Waals surface area (Å²) in [4.78, 5) is 48.9. The Bertz CT molecular complexity index is 913. The Morgan fingerprint density at radius 3 is 2.27 bits per heavy atom. The average molecular weight is 476 g/mol. The van der Waals surface area contributed by atoms with Crippen LogP contribution in [0, 0.1) is 6.92 Å². The van der Waals surface area contributed by atoms with Gasteiger partial charge in [0.1, 0.15) is 6.54 Å². The van der Waals surface area contributed by atoms with E-state index in [4.69, 9.17) is 4.74 Å². The van der Waals surface area contributed by atoms with Crippen LogP contribution in [0.3, 0.4) is 0 Å². The molecule has 2 aromatic rings. The maximum Gasteiger partial charge on any atom is 0.325 e. The summed E-state index contributed by atoms with van der Waals surface area (Å²) in [7, 11) is 1.43. The molecule has 30 heavy (non-hydrogen) atoms. The molecule has 0 saturated heterocycles. The van der Waals surface area contributed by atoms with Gasteiger partial charge in [0.25, 0.3) is 11.8 Å². The van der Waals surface area contributed by atoms with Crippen molar-refractivity contribution in [2.75, 3.05) is 32.1 Å². The number of hydrogen-bond acceptors (Lipinski definition) is 5. The fourth-order valence-electron chi connectivity index (χ4n) is 2.30. The van der Waals surface area contributed by atoms with E-state index in [9.17, 15) is 19.2 Å². The lowest BCUT2D eigenvalue weighted by Gasteiger charge is -2.17. The molecule has 0 radical (unpaired) electrons. The molecule has 158 valence electrons. The van der Waals surface area contributed by atoms with Crippen molar-refractivity contribution >= 4 is 45.3 Å². The standard InChI is InChI=1S/C21H22BrN3O5/c1-14-3-9-17(10-4-14)24-18(26)12-25(2)19(27)13-30-20(28)11-23-21(29)15-5-7-16(22)8-6-15/h3-10H,11-13H2,1-2H3,(H,23,29)(H,24,26). The molecule has 0 aromatic heterocycles. The molecular formula is C21H22BrN3O5. The van der Waals surface area contributed by atoms with Gasteiger partial charge in [-0.15, -0.1) is 0 Å². The largest absolute Gasteiger partial charge is 0.454 e. The second-order valence-electron chi connectivity index (χ2n) is 6.51. The molecule has 0 unspecified atom stereocenters. The molecule has 2 rings (SSSR count). The number of amides is 3. The van der Waals surface area contributed by atoms with Crippen LogP contribution < -0.4 is 10.6 Å². The summed E-state index contributed by atoms with van der Waals surface area (Å²) in [5.74, 6) is -2.11. The highest BCUT2D eigenvalue weighted by atomic mass is 79.9. The maximum atomic E-state index is 12.0. The smallest absolute Gasteiger partial charge is 0.325 e. The fraction of sp³-hybridized carbons (Fsp3) is 0.238. The minimum Gasteiger partial charge on any atom is -0.454 e. The lowest BCUT2D eigenvalue weighted by molar-refractivity contribution is -0.150. The minimum absolute atomic E-state index is 0.190. The molecule has 0 bridgehead atoms. The van der Waals surface area contributed by atoms with Crippen LogP contribution in [-0.2, 0) is 19.1 Å². The Kier molecular flexibility index (Phi) is 8.54. The van der Waals surface area contributed by atoms with Crippen LogP contribution in [0.5, 0.6) is 0 Å². The van der Waals surface area contributed by atoms with Crippen LogP contribution in [0.15, 0.2) is 53.0 Å². The Hall–Kier alpha value is -3.20. The number of rotatable bonds is 8. The molecular weight excluding hydrogens is 454 g/mol. The number of carbonyl (C=O) groups excluding carboxylic acids is 4. The van der Waals surface area contributed by atoms with E-state index >= 15 is 0 Å². The molecule has 0 heterocycles. The van der Waals surface area contributed by atoms with Gasteiger partial charge >= 0.3 is 5.97 Å². The quantitative estimate of drug-likeness (QED) is 0.569. The minimum atomic E-state index is -0.758. The van der Waals surface area contributed by atoms with Gasteiger partial charge in [0.15, 0.2) is 6.61 Å². The summed E-state index contributed by atoms with van der Waals surface area (Å²) >= 11 is 3.27. The number of nitrogens with zero attached hydrogens (tertiary/aromatic N) is 1. The van der Waals surface area contributed by atoms with Crippen molar-refractivity contribution in [3.8, 4) is 0 Å². The molecule has 9 heteroatoms. The van der Waals surface area contributed by atoms with Gasteiger partial charge in [-0.3, -0.25) is 19.2 Å². The van der Waals surface area contributed by atoms with Crippen LogP contribution in [0.4, 0.5) is 5.69 Å². The van der Waals surface area contributed by atoms with E-state index < -0.39 is 24.4 Å². The maximum absolute atomic E-state index is 12.0. The Labute approximate surface area is 182 Å². The molecule has 0 aliphatic heterocycles. The molecule has 2 aromatic carbocycles. The summed E-state index contributed by atoms with van der Waals surface area (Å²) in [6.07, 6.45) is 0. The lowest BCUT2D eigenvalue weighted by Crippen LogP contribution is -2.38. The van der Waals surface area contributed by atoms with Gasteiger partial charge < -0.3 is 20.3 Å². The van der Waals surface area contributed by atoms with E-state index in [1.165, 1.54) is 7.05 Å². The highest BCUT2D eigenvalue weighted by Gasteiger charge is 2.16. The number of likely N-dealkylation sites (N-methyl/N-ethyl adjacent to an activating group) is 1. The average Bonchev–Trinajstić information content (AvgIpc) is 2.72. The number of hydrogen-bond donors (Lipinski definition) is 2.